The van der Waals surface area contributed by atoms with E-state index in [-0.39, 0.29) is 11.3 Å². The molecule has 2 rings (SSSR count). The van der Waals surface area contributed by atoms with Gasteiger partial charge in [0.25, 0.3) is 5.69 Å². The van der Waals surface area contributed by atoms with Crippen molar-refractivity contribution in [3.05, 3.63) is 46.1 Å². The van der Waals surface area contributed by atoms with Crippen molar-refractivity contribution in [1.29, 1.82) is 5.26 Å². The summed E-state index contributed by atoms with van der Waals surface area (Å²) in [5.74, 6) is 0.482. The van der Waals surface area contributed by atoms with Crippen molar-refractivity contribution >= 4 is 11.4 Å². The number of nitro benzene ring substituents is 1. The van der Waals surface area contributed by atoms with Gasteiger partial charge in [-0.15, -0.1) is 0 Å². The molecule has 8 heteroatoms. The molecule has 0 bridgehead atoms. The molecule has 0 amide bonds. The summed E-state index contributed by atoms with van der Waals surface area (Å²) in [4.78, 5) is 14.1. The lowest BCUT2D eigenvalue weighted by molar-refractivity contribution is -0.385. The third-order valence-corrected chi connectivity index (χ3v) is 2.39. The standard InChI is InChI=1S/C11H9N5O3/c12-6-8-1-2-9(5-10(8)16(17)18)13-4-3-11-14-7-15-19-11/h1-2,5,7,13H,3-4H2. The highest BCUT2D eigenvalue weighted by atomic mass is 16.6. The molecule has 0 aliphatic carbocycles. The molecule has 1 aromatic heterocycles. The number of anilines is 1. The third kappa shape index (κ3) is 3.04. The van der Waals surface area contributed by atoms with Gasteiger partial charge in [0.1, 0.15) is 11.6 Å². The smallest absolute Gasteiger partial charge is 0.289 e. The lowest BCUT2D eigenvalue weighted by Gasteiger charge is -2.04. The Balaban J connectivity index is 2.03. The Morgan fingerprint density at radius 3 is 3.00 bits per heavy atom. The van der Waals surface area contributed by atoms with E-state index in [1.807, 2.05) is 0 Å². The second-order valence-electron chi connectivity index (χ2n) is 3.61. The van der Waals surface area contributed by atoms with Crippen LogP contribution in [-0.2, 0) is 6.42 Å². The minimum absolute atomic E-state index is 0.0347. The predicted octanol–water partition coefficient (Wildman–Crippen LogP) is 1.50. The maximum Gasteiger partial charge on any atom is 0.289 e. The van der Waals surface area contributed by atoms with Crippen LogP contribution < -0.4 is 5.32 Å². The van der Waals surface area contributed by atoms with Gasteiger partial charge in [-0.25, -0.2) is 0 Å². The van der Waals surface area contributed by atoms with Crippen molar-refractivity contribution in [3.8, 4) is 6.07 Å². The molecular formula is C11H9N5O3. The number of nitriles is 1. The number of rotatable bonds is 5. The average molecular weight is 259 g/mol. The van der Waals surface area contributed by atoms with E-state index in [1.165, 1.54) is 18.5 Å². The topological polar surface area (TPSA) is 118 Å². The van der Waals surface area contributed by atoms with E-state index in [9.17, 15) is 10.1 Å². The molecular weight excluding hydrogens is 250 g/mol. The van der Waals surface area contributed by atoms with E-state index in [4.69, 9.17) is 9.78 Å². The number of hydrogen-bond donors (Lipinski definition) is 1. The van der Waals surface area contributed by atoms with Gasteiger partial charge in [0.2, 0.25) is 5.89 Å². The zero-order chi connectivity index (χ0) is 13.7. The summed E-state index contributed by atoms with van der Waals surface area (Å²) in [5.41, 5.74) is 0.378. The van der Waals surface area contributed by atoms with E-state index in [1.54, 1.807) is 12.1 Å². The fourth-order valence-electron chi connectivity index (χ4n) is 1.51. The summed E-state index contributed by atoms with van der Waals surface area (Å²) in [6, 6.07) is 6.13. The van der Waals surface area contributed by atoms with E-state index in [0.717, 1.165) is 0 Å². The molecule has 1 N–H and O–H groups in total. The van der Waals surface area contributed by atoms with Gasteiger partial charge in [-0.05, 0) is 12.1 Å². The lowest BCUT2D eigenvalue weighted by atomic mass is 10.2. The first-order valence-corrected chi connectivity index (χ1v) is 5.38. The molecule has 0 fully saturated rings. The van der Waals surface area contributed by atoms with Crippen molar-refractivity contribution in [2.45, 2.75) is 6.42 Å². The number of aromatic nitrogens is 2. The Morgan fingerprint density at radius 1 is 1.53 bits per heavy atom. The van der Waals surface area contributed by atoms with Gasteiger partial charge >= 0.3 is 0 Å². The number of nitrogens with zero attached hydrogens (tertiary/aromatic N) is 4. The SMILES string of the molecule is N#Cc1ccc(NCCc2ncno2)cc1[N+](=O)[O-]. The first-order valence-electron chi connectivity index (χ1n) is 5.38. The summed E-state index contributed by atoms with van der Waals surface area (Å²) in [5, 5.41) is 26.0. The largest absolute Gasteiger partial charge is 0.384 e. The van der Waals surface area contributed by atoms with Crippen molar-refractivity contribution in [2.24, 2.45) is 0 Å². The first kappa shape index (κ1) is 12.5. The maximum atomic E-state index is 10.8. The van der Waals surface area contributed by atoms with Crippen molar-refractivity contribution in [1.82, 2.24) is 10.1 Å². The van der Waals surface area contributed by atoms with Crippen molar-refractivity contribution in [2.75, 3.05) is 11.9 Å². The van der Waals surface area contributed by atoms with Crippen LogP contribution >= 0.6 is 0 Å². The minimum Gasteiger partial charge on any atom is -0.384 e. The highest BCUT2D eigenvalue weighted by molar-refractivity contribution is 5.59. The van der Waals surface area contributed by atoms with Crippen LogP contribution in [0.1, 0.15) is 11.5 Å². The van der Waals surface area contributed by atoms with Gasteiger partial charge in [-0.3, -0.25) is 10.1 Å². The van der Waals surface area contributed by atoms with Gasteiger partial charge in [-0.1, -0.05) is 5.16 Å². The Hall–Kier alpha value is -2.95. The highest BCUT2D eigenvalue weighted by Crippen LogP contribution is 2.22. The van der Waals surface area contributed by atoms with Gasteiger partial charge < -0.3 is 9.84 Å². The quantitative estimate of drug-likeness (QED) is 0.638. The van der Waals surface area contributed by atoms with E-state index in [2.05, 4.69) is 15.5 Å². The molecule has 0 atom stereocenters. The molecule has 0 unspecified atom stereocenters. The highest BCUT2D eigenvalue weighted by Gasteiger charge is 2.14. The first-order chi connectivity index (χ1) is 9.20. The second-order valence-corrected chi connectivity index (χ2v) is 3.61. The van der Waals surface area contributed by atoms with Gasteiger partial charge in [0.05, 0.1) is 4.92 Å². The number of hydrogen-bond acceptors (Lipinski definition) is 7. The summed E-state index contributed by atoms with van der Waals surface area (Å²) >= 11 is 0. The lowest BCUT2D eigenvalue weighted by Crippen LogP contribution is -2.05. The molecule has 2 aromatic rings. The van der Waals surface area contributed by atoms with Crippen LogP contribution in [0.25, 0.3) is 0 Å². The Labute approximate surface area is 107 Å². The number of benzene rings is 1. The molecule has 1 heterocycles. The van der Waals surface area contributed by atoms with Crippen LogP contribution in [0.3, 0.4) is 0 Å². The van der Waals surface area contributed by atoms with Crippen molar-refractivity contribution < 1.29 is 9.45 Å². The Morgan fingerprint density at radius 2 is 2.37 bits per heavy atom. The van der Waals surface area contributed by atoms with Gasteiger partial charge in [0.15, 0.2) is 6.33 Å². The van der Waals surface area contributed by atoms with Crippen LogP contribution in [0.4, 0.5) is 11.4 Å². The van der Waals surface area contributed by atoms with Gasteiger partial charge in [-0.2, -0.15) is 10.2 Å². The fraction of sp³-hybridized carbons (Fsp3) is 0.182. The summed E-state index contributed by atoms with van der Waals surface area (Å²) in [7, 11) is 0. The van der Waals surface area contributed by atoms with Gasteiger partial charge in [0, 0.05) is 24.7 Å². The molecule has 0 aliphatic heterocycles. The van der Waals surface area contributed by atoms with Crippen LogP contribution in [0, 0.1) is 21.4 Å². The van der Waals surface area contributed by atoms with Crippen LogP contribution in [0.15, 0.2) is 29.0 Å². The zero-order valence-corrected chi connectivity index (χ0v) is 9.74. The maximum absolute atomic E-state index is 10.8. The molecule has 0 saturated heterocycles. The summed E-state index contributed by atoms with van der Waals surface area (Å²) in [6.45, 7) is 0.491. The number of nitrogens with one attached hydrogen (secondary N) is 1. The molecule has 8 nitrogen and oxygen atoms in total. The third-order valence-electron chi connectivity index (χ3n) is 2.39. The van der Waals surface area contributed by atoms with Crippen LogP contribution in [0.2, 0.25) is 0 Å². The molecule has 19 heavy (non-hydrogen) atoms. The monoisotopic (exact) mass is 259 g/mol. The van der Waals surface area contributed by atoms with E-state index in [0.29, 0.717) is 24.5 Å². The average Bonchev–Trinajstić information content (AvgIpc) is 2.91. The second kappa shape index (κ2) is 5.59. The van der Waals surface area contributed by atoms with E-state index < -0.39 is 4.92 Å². The molecule has 0 saturated carbocycles. The summed E-state index contributed by atoms with van der Waals surface area (Å²) in [6.07, 6.45) is 1.82. The number of nitro groups is 1. The predicted molar refractivity (Wildman–Crippen MR) is 64.3 cm³/mol. The van der Waals surface area contributed by atoms with Crippen molar-refractivity contribution in [3.63, 3.8) is 0 Å². The zero-order valence-electron chi connectivity index (χ0n) is 9.74. The summed E-state index contributed by atoms with van der Waals surface area (Å²) < 4.78 is 4.82. The minimum atomic E-state index is -0.582. The van der Waals surface area contributed by atoms with Crippen LogP contribution in [-0.4, -0.2) is 21.6 Å². The Kier molecular flexibility index (Phi) is 3.68. The molecule has 0 spiro atoms. The molecule has 0 aliphatic rings. The van der Waals surface area contributed by atoms with Crippen LogP contribution in [0.5, 0.6) is 0 Å². The molecule has 0 radical (unpaired) electrons. The normalized spacial score (nSPS) is 9.84. The Bertz CT molecular complexity index is 618. The fourth-order valence-corrected chi connectivity index (χ4v) is 1.51. The molecule has 1 aromatic carbocycles. The molecule has 96 valence electrons. The van der Waals surface area contributed by atoms with E-state index >= 15 is 0 Å².